The number of benzene rings is 3. The van der Waals surface area contributed by atoms with Crippen molar-refractivity contribution < 1.29 is 9.59 Å². The van der Waals surface area contributed by atoms with Gasteiger partial charge in [0.05, 0.1) is 36.9 Å². The molecule has 0 unspecified atom stereocenters. The number of carbonyl (C=O) groups excluding carboxylic acids is 2. The van der Waals surface area contributed by atoms with Crippen LogP contribution in [0.2, 0.25) is 0 Å². The summed E-state index contributed by atoms with van der Waals surface area (Å²) in [5, 5.41) is 0. The monoisotopic (exact) mass is 673 g/mol. The fourth-order valence-electron chi connectivity index (χ4n) is 6.08. The molecule has 2 heterocycles. The van der Waals surface area contributed by atoms with E-state index in [4.69, 9.17) is 5.73 Å². The van der Waals surface area contributed by atoms with Crippen molar-refractivity contribution >= 4 is 11.8 Å². The van der Waals surface area contributed by atoms with Crippen LogP contribution in [-0.4, -0.2) is 54.6 Å². The minimum Gasteiger partial charge on any atom is -0.341 e. The van der Waals surface area contributed by atoms with Gasteiger partial charge in [0, 0.05) is 32.5 Å². The maximum Gasteiger partial charge on any atom is 0.223 e. The molecule has 4 N–H and O–H groups in total. The van der Waals surface area contributed by atoms with E-state index in [0.717, 1.165) is 75.8 Å². The van der Waals surface area contributed by atoms with Gasteiger partial charge in [0.1, 0.15) is 11.6 Å². The molecule has 5 rings (SSSR count). The number of nitrogens with two attached hydrogens (primary N) is 1. The average Bonchev–Trinajstić information content (AvgIpc) is 3.80. The molecule has 50 heavy (non-hydrogen) atoms. The zero-order chi connectivity index (χ0) is 35.5. The third kappa shape index (κ3) is 9.79. The van der Waals surface area contributed by atoms with Crippen molar-refractivity contribution in [2.75, 3.05) is 13.1 Å². The Labute approximate surface area is 296 Å². The predicted molar refractivity (Wildman–Crippen MR) is 201 cm³/mol. The number of amides is 2. The summed E-state index contributed by atoms with van der Waals surface area (Å²) in [6, 6.07) is 25.0. The van der Waals surface area contributed by atoms with Crippen LogP contribution in [0.1, 0.15) is 76.2 Å². The number of aromatic nitrogens is 4. The van der Waals surface area contributed by atoms with Gasteiger partial charge in [-0.05, 0) is 58.6 Å². The summed E-state index contributed by atoms with van der Waals surface area (Å²) in [5.41, 5.74) is 14.1. The van der Waals surface area contributed by atoms with Gasteiger partial charge in [0.25, 0.3) is 0 Å². The number of nitrogens with one attached hydrogen (secondary N) is 2. The highest BCUT2D eigenvalue weighted by Gasteiger charge is 2.17. The lowest BCUT2D eigenvalue weighted by Gasteiger charge is -2.22. The number of H-pyrrole nitrogens is 2. The van der Waals surface area contributed by atoms with Crippen LogP contribution in [0.25, 0.3) is 33.6 Å². The lowest BCUT2D eigenvalue weighted by molar-refractivity contribution is -0.133. The zero-order valence-electron chi connectivity index (χ0n) is 29.9. The van der Waals surface area contributed by atoms with Gasteiger partial charge in [-0.15, -0.1) is 0 Å². The Morgan fingerprint density at radius 1 is 0.660 bits per heavy atom. The largest absolute Gasteiger partial charge is 0.341 e. The molecular weight excluding hydrogens is 622 g/mol. The van der Waals surface area contributed by atoms with Crippen LogP contribution in [-0.2, 0) is 35.6 Å². The maximum atomic E-state index is 13.1. The minimum atomic E-state index is 0.128. The van der Waals surface area contributed by atoms with Crippen LogP contribution < -0.4 is 5.73 Å². The average molecular weight is 674 g/mol. The second-order valence-corrected chi connectivity index (χ2v) is 13.4. The van der Waals surface area contributed by atoms with Crippen molar-refractivity contribution in [1.29, 1.82) is 0 Å². The Bertz CT molecular complexity index is 1800. The summed E-state index contributed by atoms with van der Waals surface area (Å²) in [5.74, 6) is 2.20. The first-order valence-corrected chi connectivity index (χ1v) is 17.9. The van der Waals surface area contributed by atoms with Crippen molar-refractivity contribution in [3.63, 3.8) is 0 Å². The van der Waals surface area contributed by atoms with Gasteiger partial charge >= 0.3 is 0 Å². The molecule has 0 bridgehead atoms. The number of nitrogens with zero attached hydrogens (tertiary/aromatic N) is 4. The lowest BCUT2D eigenvalue weighted by atomic mass is 10.0. The molecule has 262 valence electrons. The highest BCUT2D eigenvalue weighted by atomic mass is 16.2. The number of carbonyl (C=O) groups is 2. The molecule has 0 saturated carbocycles. The van der Waals surface area contributed by atoms with E-state index in [1.807, 2.05) is 34.3 Å². The number of rotatable bonds is 17. The molecule has 0 radical (unpaired) electrons. The van der Waals surface area contributed by atoms with Crippen LogP contribution in [0.4, 0.5) is 0 Å². The highest BCUT2D eigenvalue weighted by molar-refractivity contribution is 5.77. The van der Waals surface area contributed by atoms with Gasteiger partial charge in [-0.3, -0.25) is 9.59 Å². The first kappa shape index (κ1) is 36.3. The second-order valence-electron chi connectivity index (χ2n) is 13.4. The zero-order valence-corrected chi connectivity index (χ0v) is 29.9. The molecule has 3 aromatic carbocycles. The molecular formula is C41H51N7O2. The molecule has 0 spiro atoms. The van der Waals surface area contributed by atoms with E-state index in [1.54, 1.807) is 0 Å². The van der Waals surface area contributed by atoms with E-state index in [-0.39, 0.29) is 11.8 Å². The lowest BCUT2D eigenvalue weighted by Crippen LogP contribution is -2.32. The molecule has 0 fully saturated rings. The first-order chi connectivity index (χ1) is 24.3. The van der Waals surface area contributed by atoms with Gasteiger partial charge in [-0.25, -0.2) is 9.97 Å². The summed E-state index contributed by atoms with van der Waals surface area (Å²) >= 11 is 0. The van der Waals surface area contributed by atoms with Crippen LogP contribution >= 0.6 is 0 Å². The molecule has 0 aliphatic rings. The van der Waals surface area contributed by atoms with Crippen molar-refractivity contribution in [3.05, 3.63) is 108 Å². The quantitative estimate of drug-likeness (QED) is 0.0931. The molecule has 0 aliphatic heterocycles. The molecule has 5 aromatic rings. The van der Waals surface area contributed by atoms with Crippen LogP contribution in [0.3, 0.4) is 0 Å². The summed E-state index contributed by atoms with van der Waals surface area (Å²) in [7, 11) is 0. The molecule has 9 nitrogen and oxygen atoms in total. The maximum absolute atomic E-state index is 13.1. The summed E-state index contributed by atoms with van der Waals surface area (Å²) in [6.07, 6.45) is 7.19. The first-order valence-electron chi connectivity index (χ1n) is 17.9. The molecule has 0 aliphatic carbocycles. The normalized spacial score (nSPS) is 11.2. The summed E-state index contributed by atoms with van der Waals surface area (Å²) < 4.78 is 0. The Morgan fingerprint density at radius 3 is 1.54 bits per heavy atom. The topological polar surface area (TPSA) is 124 Å². The van der Waals surface area contributed by atoms with Gasteiger partial charge < -0.3 is 25.5 Å². The summed E-state index contributed by atoms with van der Waals surface area (Å²) in [4.78, 5) is 45.7. The van der Waals surface area contributed by atoms with Crippen LogP contribution in [0.5, 0.6) is 0 Å². The van der Waals surface area contributed by atoms with E-state index in [1.165, 1.54) is 0 Å². The van der Waals surface area contributed by atoms with Gasteiger partial charge in [-0.1, -0.05) is 100 Å². The third-order valence-electron chi connectivity index (χ3n) is 8.82. The van der Waals surface area contributed by atoms with E-state index >= 15 is 0 Å². The Morgan fingerprint density at radius 2 is 1.10 bits per heavy atom. The second kappa shape index (κ2) is 17.6. The van der Waals surface area contributed by atoms with E-state index < -0.39 is 0 Å². The van der Waals surface area contributed by atoms with Crippen LogP contribution in [0, 0.1) is 5.92 Å². The number of aromatic amines is 2. The number of imidazole rings is 2. The number of aryl methyl sites for hydroxylation is 1. The third-order valence-corrected chi connectivity index (χ3v) is 8.82. The van der Waals surface area contributed by atoms with Gasteiger partial charge in [0.15, 0.2) is 0 Å². The standard InChI is InChI=1S/C41H51N7O2/c1-5-21-47(40(49)20-11-30-7-9-31(24-42)10-8-30)27-38-43-25-36(45-38)34-16-12-32(13-17-34)33-14-18-35(19-15-33)37-26-44-39(46-37)28-48(22-6-2)41(50)23-29(3)4/h7-10,12-19,25-26,29H,5-6,11,20-24,27-28,42H2,1-4H3,(H,43,45)(H,44,46). The predicted octanol–water partition coefficient (Wildman–Crippen LogP) is 7.75. The van der Waals surface area contributed by atoms with Crippen molar-refractivity contribution in [2.45, 2.75) is 79.4 Å². The fourth-order valence-corrected chi connectivity index (χ4v) is 6.08. The molecule has 2 amide bonds. The van der Waals surface area contributed by atoms with Crippen LogP contribution in [0.15, 0.2) is 85.2 Å². The number of hydrogen-bond donors (Lipinski definition) is 3. The Hall–Kier alpha value is -5.02. The van der Waals surface area contributed by atoms with E-state index in [0.29, 0.717) is 51.4 Å². The number of hydrogen-bond acceptors (Lipinski definition) is 5. The Kier molecular flexibility index (Phi) is 12.8. The van der Waals surface area contributed by atoms with Gasteiger partial charge in [-0.2, -0.15) is 0 Å². The Balaban J connectivity index is 1.18. The fraction of sp³-hybridized carbons (Fsp3) is 0.366. The SMILES string of the molecule is CCCN(Cc1ncc(-c2ccc(-c3ccc(-c4cnc(CN(CCC)C(=O)CC(C)C)[nH]4)cc3)cc2)[nH]1)C(=O)CCc1ccc(CN)cc1. The van der Waals surface area contributed by atoms with Crippen molar-refractivity contribution in [1.82, 2.24) is 29.7 Å². The van der Waals surface area contributed by atoms with E-state index in [2.05, 4.69) is 108 Å². The minimum absolute atomic E-state index is 0.128. The molecule has 0 saturated heterocycles. The smallest absolute Gasteiger partial charge is 0.223 e. The molecule has 0 atom stereocenters. The highest BCUT2D eigenvalue weighted by Crippen LogP contribution is 2.27. The van der Waals surface area contributed by atoms with Crippen molar-refractivity contribution in [3.8, 4) is 33.6 Å². The molecule has 2 aromatic heterocycles. The van der Waals surface area contributed by atoms with Gasteiger partial charge in [0.2, 0.25) is 11.8 Å². The summed E-state index contributed by atoms with van der Waals surface area (Å²) in [6.45, 7) is 11.2. The molecule has 9 heteroatoms. The van der Waals surface area contributed by atoms with E-state index in [9.17, 15) is 9.59 Å². The van der Waals surface area contributed by atoms with Crippen molar-refractivity contribution in [2.24, 2.45) is 11.7 Å².